The van der Waals surface area contributed by atoms with Crippen molar-refractivity contribution < 1.29 is 22.6 Å². The number of nitrogens with zero attached hydrogens (tertiary/aromatic N) is 4. The maximum absolute atomic E-state index is 15.2. The predicted octanol–water partition coefficient (Wildman–Crippen LogP) is 4.32. The van der Waals surface area contributed by atoms with Gasteiger partial charge in [-0.2, -0.15) is 13.2 Å². The summed E-state index contributed by atoms with van der Waals surface area (Å²) in [6, 6.07) is 12.4. The lowest BCUT2D eigenvalue weighted by atomic mass is 9.80. The molecule has 10 heteroatoms. The first kappa shape index (κ1) is 20.2. The summed E-state index contributed by atoms with van der Waals surface area (Å²) < 4.78 is 55.3. The van der Waals surface area contributed by atoms with Gasteiger partial charge in [0.05, 0.1) is 11.3 Å². The van der Waals surface area contributed by atoms with Crippen LogP contribution in [0.1, 0.15) is 11.1 Å². The molecule has 0 fully saturated rings. The number of ether oxygens (including phenoxy) is 2. The molecule has 2 aliphatic heterocycles. The zero-order chi connectivity index (χ0) is 23.4. The molecule has 5 heterocycles. The molecule has 0 unspecified atom stereocenters. The van der Waals surface area contributed by atoms with Crippen molar-refractivity contribution in [3.05, 3.63) is 89.9 Å². The Balaban J connectivity index is 1.60. The van der Waals surface area contributed by atoms with Gasteiger partial charge in [-0.15, -0.1) is 0 Å². The van der Waals surface area contributed by atoms with E-state index in [1.807, 2.05) is 0 Å². The highest BCUT2D eigenvalue weighted by Crippen LogP contribution is 2.52. The highest BCUT2D eigenvalue weighted by atomic mass is 19.1. The minimum absolute atomic E-state index is 0.00315. The first-order chi connectivity index (χ1) is 16.5. The molecule has 3 aromatic heterocycles. The number of benzene rings is 1. The Labute approximate surface area is 190 Å². The molecule has 0 saturated carbocycles. The summed E-state index contributed by atoms with van der Waals surface area (Å²) in [6.07, 6.45) is 2.63. The number of halogens is 3. The molecule has 6 rings (SSSR count). The summed E-state index contributed by atoms with van der Waals surface area (Å²) in [5.41, 5.74) is 6.06. The number of hydrogen-bond acceptors (Lipinski definition) is 7. The molecule has 1 aromatic carbocycles. The van der Waals surface area contributed by atoms with Crippen molar-refractivity contribution >= 4 is 6.02 Å². The van der Waals surface area contributed by atoms with E-state index >= 15 is 4.39 Å². The highest BCUT2D eigenvalue weighted by Gasteiger charge is 2.48. The lowest BCUT2D eigenvalue weighted by molar-refractivity contribution is 0.261. The minimum Gasteiger partial charge on any atom is -0.462 e. The van der Waals surface area contributed by atoms with Crippen molar-refractivity contribution in [2.45, 2.75) is 5.54 Å². The lowest BCUT2D eigenvalue weighted by Gasteiger charge is -2.33. The van der Waals surface area contributed by atoms with Gasteiger partial charge in [0.15, 0.2) is 11.3 Å². The van der Waals surface area contributed by atoms with Gasteiger partial charge in [-0.05, 0) is 48.0 Å². The molecule has 0 bridgehead atoms. The van der Waals surface area contributed by atoms with Crippen LogP contribution < -0.4 is 10.5 Å². The van der Waals surface area contributed by atoms with E-state index in [1.165, 1.54) is 30.6 Å². The molecule has 4 aromatic rings. The minimum atomic E-state index is -1.32. The Hall–Kier alpha value is -4.47. The molecule has 0 saturated heterocycles. The third kappa shape index (κ3) is 2.92. The van der Waals surface area contributed by atoms with E-state index in [2.05, 4.69) is 19.9 Å². The predicted molar refractivity (Wildman–Crippen MR) is 115 cm³/mol. The first-order valence-electron chi connectivity index (χ1n) is 10.2. The Morgan fingerprint density at radius 2 is 1.59 bits per heavy atom. The van der Waals surface area contributed by atoms with Crippen LogP contribution in [0.25, 0.3) is 22.4 Å². The van der Waals surface area contributed by atoms with Gasteiger partial charge >= 0.3 is 0 Å². The van der Waals surface area contributed by atoms with E-state index in [4.69, 9.17) is 15.2 Å². The van der Waals surface area contributed by atoms with Crippen molar-refractivity contribution in [3.63, 3.8) is 0 Å². The van der Waals surface area contributed by atoms with Gasteiger partial charge in [0, 0.05) is 29.1 Å². The molecule has 0 aliphatic carbocycles. The summed E-state index contributed by atoms with van der Waals surface area (Å²) in [5, 5.41) is 0. The van der Waals surface area contributed by atoms with Crippen molar-refractivity contribution in [1.29, 1.82) is 0 Å². The Bertz CT molecular complexity index is 1510. The molecule has 2 N–H and O–H groups in total. The van der Waals surface area contributed by atoms with E-state index < -0.39 is 23.4 Å². The number of rotatable bonds is 2. The smallest absolute Gasteiger partial charge is 0.283 e. The lowest BCUT2D eigenvalue weighted by Crippen LogP contribution is -2.32. The molecule has 0 amide bonds. The molecule has 168 valence electrons. The van der Waals surface area contributed by atoms with Crippen LogP contribution in [0.2, 0.25) is 0 Å². The van der Waals surface area contributed by atoms with E-state index in [1.54, 1.807) is 30.3 Å². The van der Waals surface area contributed by atoms with Crippen molar-refractivity contribution in [2.24, 2.45) is 10.7 Å². The number of fused-ring (bicyclic) bond motifs is 4. The van der Waals surface area contributed by atoms with Gasteiger partial charge in [-0.3, -0.25) is 0 Å². The molecule has 7 nitrogen and oxygen atoms in total. The van der Waals surface area contributed by atoms with E-state index in [0.717, 1.165) is 0 Å². The van der Waals surface area contributed by atoms with Crippen LogP contribution in [0, 0.1) is 17.8 Å². The molecule has 34 heavy (non-hydrogen) atoms. The average molecular weight is 461 g/mol. The molecular formula is C24H14F3N5O2. The Kier molecular flexibility index (Phi) is 4.31. The third-order valence-electron chi connectivity index (χ3n) is 5.85. The van der Waals surface area contributed by atoms with Gasteiger partial charge in [0.25, 0.3) is 12.0 Å². The molecule has 1 atom stereocenters. The van der Waals surface area contributed by atoms with E-state index in [0.29, 0.717) is 11.1 Å². The van der Waals surface area contributed by atoms with E-state index in [-0.39, 0.29) is 46.5 Å². The van der Waals surface area contributed by atoms with Gasteiger partial charge in [-0.1, -0.05) is 6.07 Å². The molecule has 0 radical (unpaired) electrons. The van der Waals surface area contributed by atoms with Crippen molar-refractivity contribution in [3.8, 4) is 33.9 Å². The zero-order valence-corrected chi connectivity index (χ0v) is 17.3. The van der Waals surface area contributed by atoms with Crippen LogP contribution >= 0.6 is 0 Å². The van der Waals surface area contributed by atoms with E-state index in [9.17, 15) is 8.78 Å². The maximum Gasteiger partial charge on any atom is 0.283 e. The van der Waals surface area contributed by atoms with Crippen LogP contribution in [0.5, 0.6) is 11.5 Å². The number of amidine groups is 1. The normalized spacial score (nSPS) is 18.0. The fraction of sp³-hybridized carbons (Fsp3) is 0.0833. The maximum atomic E-state index is 15.2. The number of nitrogens with two attached hydrogens (primary N) is 1. The Morgan fingerprint density at radius 1 is 0.853 bits per heavy atom. The first-order valence-corrected chi connectivity index (χ1v) is 10.2. The standard InChI is InChI=1S/C24H14F3N5O2/c25-20-13(3-1-7-29-20)12-5-6-18-15(9-12)24(11-33-23(28)32-24)16-10-17(31-22(27)19(16)34-18)14-4-2-8-30-21(14)26/h1-10H,11H2,(H2,28,32)/t24-/m0/s1. The van der Waals surface area contributed by atoms with Crippen LogP contribution in [0.4, 0.5) is 13.2 Å². The summed E-state index contributed by atoms with van der Waals surface area (Å²) in [4.78, 5) is 15.7. The number of aliphatic imine (C=N–C) groups is 1. The summed E-state index contributed by atoms with van der Waals surface area (Å²) in [5.74, 6) is -2.31. The largest absolute Gasteiger partial charge is 0.462 e. The molecule has 1 spiro atoms. The number of pyridine rings is 3. The van der Waals surface area contributed by atoms with Gasteiger partial charge in [0.2, 0.25) is 11.9 Å². The van der Waals surface area contributed by atoms with Crippen molar-refractivity contribution in [2.75, 3.05) is 6.61 Å². The molecular weight excluding hydrogens is 447 g/mol. The fourth-order valence-corrected chi connectivity index (χ4v) is 4.29. The van der Waals surface area contributed by atoms with Crippen LogP contribution in [0.3, 0.4) is 0 Å². The van der Waals surface area contributed by atoms with Crippen LogP contribution in [-0.2, 0) is 10.3 Å². The fourth-order valence-electron chi connectivity index (χ4n) is 4.29. The summed E-state index contributed by atoms with van der Waals surface area (Å²) >= 11 is 0. The van der Waals surface area contributed by atoms with Crippen LogP contribution in [0.15, 0.2) is 65.9 Å². The number of aromatic nitrogens is 3. The number of hydrogen-bond donors (Lipinski definition) is 1. The second kappa shape index (κ2) is 7.27. The highest BCUT2D eigenvalue weighted by molar-refractivity contribution is 5.78. The second-order valence-corrected chi connectivity index (χ2v) is 7.77. The monoisotopic (exact) mass is 461 g/mol. The van der Waals surface area contributed by atoms with Crippen molar-refractivity contribution in [1.82, 2.24) is 15.0 Å². The molecule has 2 aliphatic rings. The second-order valence-electron chi connectivity index (χ2n) is 7.77. The quantitative estimate of drug-likeness (QED) is 0.447. The van der Waals surface area contributed by atoms with Crippen LogP contribution in [-0.4, -0.2) is 27.6 Å². The summed E-state index contributed by atoms with van der Waals surface area (Å²) in [7, 11) is 0. The van der Waals surface area contributed by atoms with Gasteiger partial charge in [0.1, 0.15) is 12.4 Å². The third-order valence-corrected chi connectivity index (χ3v) is 5.85. The topological polar surface area (TPSA) is 95.5 Å². The van der Waals surface area contributed by atoms with Gasteiger partial charge < -0.3 is 15.2 Å². The Morgan fingerprint density at radius 3 is 2.26 bits per heavy atom. The van der Waals surface area contributed by atoms with Gasteiger partial charge in [-0.25, -0.2) is 19.9 Å². The summed E-state index contributed by atoms with van der Waals surface area (Å²) in [6.45, 7) is -0.0699. The SMILES string of the molecule is NC1=N[C@@]2(CO1)c1cc(-c3cccnc3F)ccc1Oc1c2cc(-c2cccnc2F)nc1F. The zero-order valence-electron chi connectivity index (χ0n) is 17.3. The average Bonchev–Trinajstić information content (AvgIpc) is 3.22.